The van der Waals surface area contributed by atoms with E-state index in [0.717, 1.165) is 29.0 Å². The summed E-state index contributed by atoms with van der Waals surface area (Å²) in [5.74, 6) is 1.18. The molecule has 1 amide bonds. The third kappa shape index (κ3) is 4.86. The minimum atomic E-state index is -0.0458. The molecule has 3 heterocycles. The second-order valence-corrected chi connectivity index (χ2v) is 9.33. The highest BCUT2D eigenvalue weighted by Crippen LogP contribution is 2.48. The van der Waals surface area contributed by atoms with Crippen molar-refractivity contribution in [2.24, 2.45) is 5.92 Å². The van der Waals surface area contributed by atoms with E-state index < -0.39 is 0 Å². The maximum Gasteiger partial charge on any atom is 0.229 e. The maximum atomic E-state index is 12.7. The number of anilines is 2. The number of rotatable bonds is 7. The van der Waals surface area contributed by atoms with E-state index >= 15 is 0 Å². The first kappa shape index (κ1) is 21.5. The van der Waals surface area contributed by atoms with Crippen LogP contribution in [-0.4, -0.2) is 20.3 Å². The van der Waals surface area contributed by atoms with Crippen LogP contribution in [0.5, 0.6) is 0 Å². The second-order valence-electron chi connectivity index (χ2n) is 8.89. The van der Waals surface area contributed by atoms with Crippen LogP contribution in [0.15, 0.2) is 67.1 Å². The smallest absolute Gasteiger partial charge is 0.229 e. The molecule has 1 unspecified atom stereocenters. The van der Waals surface area contributed by atoms with Crippen LogP contribution in [0.2, 0.25) is 5.02 Å². The Bertz CT molecular complexity index is 1320. The minimum Gasteiger partial charge on any atom is -0.379 e. The van der Waals surface area contributed by atoms with Gasteiger partial charge in [0.25, 0.3) is 0 Å². The highest BCUT2D eigenvalue weighted by molar-refractivity contribution is 6.30. The van der Waals surface area contributed by atoms with Crippen molar-refractivity contribution in [1.82, 2.24) is 14.4 Å². The number of hydrogen-bond acceptors (Lipinski definition) is 4. The lowest BCUT2D eigenvalue weighted by Gasteiger charge is -2.08. The molecule has 1 aromatic carbocycles. The molecule has 2 N–H and O–H groups in total. The van der Waals surface area contributed by atoms with Gasteiger partial charge in [-0.3, -0.25) is 4.79 Å². The van der Waals surface area contributed by atoms with Gasteiger partial charge < -0.3 is 15.0 Å². The molecule has 33 heavy (non-hydrogen) atoms. The fraction of sp³-hybridized carbons (Fsp3) is 0.269. The number of imidazole rings is 1. The van der Waals surface area contributed by atoms with Gasteiger partial charge in [0.1, 0.15) is 11.5 Å². The van der Waals surface area contributed by atoms with E-state index in [9.17, 15) is 4.79 Å². The van der Waals surface area contributed by atoms with Crippen molar-refractivity contribution in [3.63, 3.8) is 0 Å². The molecule has 0 saturated heterocycles. The monoisotopic (exact) mass is 459 g/mol. The Morgan fingerprint density at radius 3 is 2.88 bits per heavy atom. The van der Waals surface area contributed by atoms with Crippen molar-refractivity contribution >= 4 is 34.7 Å². The van der Waals surface area contributed by atoms with Crippen molar-refractivity contribution < 1.29 is 4.79 Å². The van der Waals surface area contributed by atoms with E-state index in [4.69, 9.17) is 11.6 Å². The Morgan fingerprint density at radius 1 is 1.18 bits per heavy atom. The van der Waals surface area contributed by atoms with Gasteiger partial charge in [-0.1, -0.05) is 43.6 Å². The zero-order chi connectivity index (χ0) is 22.9. The average Bonchev–Trinajstić information content (AvgIpc) is 3.50. The summed E-state index contributed by atoms with van der Waals surface area (Å²) >= 11 is 6.08. The van der Waals surface area contributed by atoms with Crippen LogP contribution in [0, 0.1) is 5.92 Å². The first-order valence-corrected chi connectivity index (χ1v) is 11.6. The SMILES string of the molecule is CC(C)c1ccc2nc(CNc3ccnc(NC(=O)[C@H]4CC4c4cccc(Cl)c4)c3)cn2c1. The Kier molecular flexibility index (Phi) is 5.77. The summed E-state index contributed by atoms with van der Waals surface area (Å²) in [6.07, 6.45) is 6.70. The fourth-order valence-electron chi connectivity index (χ4n) is 4.10. The van der Waals surface area contributed by atoms with Crippen LogP contribution in [0.25, 0.3) is 5.65 Å². The lowest BCUT2D eigenvalue weighted by atomic mass is 10.1. The predicted molar refractivity (Wildman–Crippen MR) is 132 cm³/mol. The number of carbonyl (C=O) groups excluding carboxylic acids is 1. The summed E-state index contributed by atoms with van der Waals surface area (Å²) in [4.78, 5) is 21.7. The number of hydrogen-bond donors (Lipinski definition) is 2. The normalized spacial score (nSPS) is 17.3. The molecule has 1 saturated carbocycles. The molecule has 1 aliphatic carbocycles. The third-order valence-electron chi connectivity index (χ3n) is 6.08. The standard InChI is InChI=1S/C26H26ClN5O/c1-16(2)18-6-7-25-30-21(15-32(25)14-18)13-29-20-8-9-28-24(11-20)31-26(33)23-12-22(23)17-4-3-5-19(27)10-17/h3-11,14-16,22-23H,12-13H2,1-2H3,(H2,28,29,31,33)/t22?,23-/m0/s1. The van der Waals surface area contributed by atoms with E-state index in [0.29, 0.717) is 23.3 Å². The third-order valence-corrected chi connectivity index (χ3v) is 6.31. The molecule has 4 aromatic rings. The summed E-state index contributed by atoms with van der Waals surface area (Å²) in [7, 11) is 0. The molecule has 1 aliphatic rings. The Morgan fingerprint density at radius 2 is 2.06 bits per heavy atom. The number of amides is 1. The van der Waals surface area contributed by atoms with Crippen molar-refractivity contribution in [3.05, 3.63) is 89.0 Å². The van der Waals surface area contributed by atoms with Gasteiger partial charge >= 0.3 is 0 Å². The Hall–Kier alpha value is -3.38. The summed E-state index contributed by atoms with van der Waals surface area (Å²) in [6, 6.07) is 15.6. The molecule has 2 atom stereocenters. The van der Waals surface area contributed by atoms with Gasteiger partial charge in [0, 0.05) is 41.3 Å². The van der Waals surface area contributed by atoms with Crippen molar-refractivity contribution in [3.8, 4) is 0 Å². The number of nitrogens with zero attached hydrogens (tertiary/aromatic N) is 3. The van der Waals surface area contributed by atoms with E-state index in [1.54, 1.807) is 6.20 Å². The number of nitrogens with one attached hydrogen (secondary N) is 2. The van der Waals surface area contributed by atoms with Gasteiger partial charge in [-0.05, 0) is 53.6 Å². The van der Waals surface area contributed by atoms with Crippen LogP contribution in [-0.2, 0) is 11.3 Å². The van der Waals surface area contributed by atoms with Crippen LogP contribution in [0.4, 0.5) is 11.5 Å². The van der Waals surface area contributed by atoms with Crippen LogP contribution in [0.1, 0.15) is 48.9 Å². The zero-order valence-corrected chi connectivity index (χ0v) is 19.4. The topological polar surface area (TPSA) is 71.3 Å². The second kappa shape index (κ2) is 8.87. The first-order valence-electron chi connectivity index (χ1n) is 11.2. The van der Waals surface area contributed by atoms with E-state index in [2.05, 4.69) is 51.1 Å². The van der Waals surface area contributed by atoms with Crippen LogP contribution < -0.4 is 10.6 Å². The number of pyridine rings is 2. The van der Waals surface area contributed by atoms with Crippen LogP contribution in [0.3, 0.4) is 0 Å². The number of halogens is 1. The molecule has 0 spiro atoms. The number of benzene rings is 1. The van der Waals surface area contributed by atoms with Gasteiger partial charge in [0.15, 0.2) is 0 Å². The summed E-state index contributed by atoms with van der Waals surface area (Å²) in [5.41, 5.74) is 5.14. The Labute approximate surface area is 198 Å². The molecule has 3 aromatic heterocycles. The molecule has 0 radical (unpaired) electrons. The van der Waals surface area contributed by atoms with Gasteiger partial charge in [0.05, 0.1) is 12.2 Å². The van der Waals surface area contributed by atoms with Crippen molar-refractivity contribution in [2.75, 3.05) is 10.6 Å². The largest absolute Gasteiger partial charge is 0.379 e. The van der Waals surface area contributed by atoms with E-state index in [1.807, 2.05) is 48.7 Å². The molecule has 168 valence electrons. The highest BCUT2D eigenvalue weighted by atomic mass is 35.5. The summed E-state index contributed by atoms with van der Waals surface area (Å²) < 4.78 is 2.07. The van der Waals surface area contributed by atoms with E-state index in [1.165, 1.54) is 5.56 Å². The molecule has 0 aliphatic heterocycles. The molecule has 1 fully saturated rings. The van der Waals surface area contributed by atoms with Crippen molar-refractivity contribution in [2.45, 2.75) is 38.6 Å². The molecular weight excluding hydrogens is 434 g/mol. The first-order chi connectivity index (χ1) is 16.0. The maximum absolute atomic E-state index is 12.7. The summed E-state index contributed by atoms with van der Waals surface area (Å²) in [5, 5.41) is 7.03. The quantitative estimate of drug-likeness (QED) is 0.363. The average molecular weight is 460 g/mol. The van der Waals surface area contributed by atoms with Gasteiger partial charge in [-0.2, -0.15) is 0 Å². The summed E-state index contributed by atoms with van der Waals surface area (Å²) in [6.45, 7) is 4.94. The molecule has 6 nitrogen and oxygen atoms in total. The molecule has 5 rings (SSSR count). The zero-order valence-electron chi connectivity index (χ0n) is 18.6. The minimum absolute atomic E-state index is 0.00840. The lowest BCUT2D eigenvalue weighted by Crippen LogP contribution is -2.15. The molecular formula is C26H26ClN5O. The van der Waals surface area contributed by atoms with Crippen molar-refractivity contribution in [1.29, 1.82) is 0 Å². The van der Waals surface area contributed by atoms with Gasteiger partial charge in [-0.15, -0.1) is 0 Å². The Balaban J connectivity index is 1.20. The van der Waals surface area contributed by atoms with Gasteiger partial charge in [0.2, 0.25) is 5.91 Å². The van der Waals surface area contributed by atoms with Crippen LogP contribution >= 0.6 is 11.6 Å². The molecule has 0 bridgehead atoms. The fourth-order valence-corrected chi connectivity index (χ4v) is 4.30. The molecule has 7 heteroatoms. The number of fused-ring (bicyclic) bond motifs is 1. The van der Waals surface area contributed by atoms with E-state index in [-0.39, 0.29) is 17.7 Å². The predicted octanol–water partition coefficient (Wildman–Crippen LogP) is 5.86. The number of aromatic nitrogens is 3. The highest BCUT2D eigenvalue weighted by Gasteiger charge is 2.44. The van der Waals surface area contributed by atoms with Gasteiger partial charge in [-0.25, -0.2) is 9.97 Å². The number of carbonyl (C=O) groups is 1. The lowest BCUT2D eigenvalue weighted by molar-refractivity contribution is -0.117.